The van der Waals surface area contributed by atoms with Crippen molar-refractivity contribution in [3.8, 4) is 33.8 Å². The number of hydrogen-bond donors (Lipinski definition) is 1. The van der Waals surface area contributed by atoms with Crippen LogP contribution in [0.4, 0.5) is 18.9 Å². The molecule has 0 spiro atoms. The third-order valence-electron chi connectivity index (χ3n) is 8.20. The van der Waals surface area contributed by atoms with Gasteiger partial charge in [-0.1, -0.05) is 6.92 Å². The number of aromatic nitrogens is 1. The smallest absolute Gasteiger partial charge is 0.417 e. The van der Waals surface area contributed by atoms with E-state index in [0.29, 0.717) is 67.2 Å². The second-order valence-electron chi connectivity index (χ2n) is 10.5. The maximum Gasteiger partial charge on any atom is 0.417 e. The number of benzene rings is 2. The molecule has 10 heteroatoms. The molecule has 5 rings (SSSR count). The highest BCUT2D eigenvalue weighted by Crippen LogP contribution is 2.42. The Hall–Kier alpha value is -3.95. The second kappa shape index (κ2) is 10.6. The summed E-state index contributed by atoms with van der Waals surface area (Å²) in [6.45, 7) is 3.27. The van der Waals surface area contributed by atoms with E-state index in [1.807, 2.05) is 4.90 Å². The number of fused-ring (bicyclic) bond motifs is 1. The molecule has 2 aliphatic heterocycles. The number of hydrogen-bond acceptors (Lipinski definition) is 5. The Morgan fingerprint density at radius 1 is 1.00 bits per heavy atom. The van der Waals surface area contributed by atoms with Crippen molar-refractivity contribution in [3.63, 3.8) is 0 Å². The maximum absolute atomic E-state index is 14.3. The molecule has 0 aliphatic carbocycles. The van der Waals surface area contributed by atoms with Crippen molar-refractivity contribution in [2.75, 3.05) is 32.2 Å². The number of rotatable bonds is 7. The molecule has 7 nitrogen and oxygen atoms in total. The molecule has 3 aromatic rings. The minimum Gasteiger partial charge on any atom is -0.497 e. The largest absolute Gasteiger partial charge is 0.497 e. The van der Waals surface area contributed by atoms with Gasteiger partial charge in [0.05, 0.1) is 19.8 Å². The lowest BCUT2D eigenvalue weighted by atomic mass is 9.93. The Balaban J connectivity index is 1.68. The lowest BCUT2D eigenvalue weighted by Gasteiger charge is -2.23. The molecule has 0 saturated carbocycles. The van der Waals surface area contributed by atoms with Gasteiger partial charge in [-0.3, -0.25) is 9.59 Å². The number of halogens is 3. The fourth-order valence-electron chi connectivity index (χ4n) is 5.88. The normalized spacial score (nSPS) is 17.6. The molecule has 1 amide bonds. The van der Waals surface area contributed by atoms with Crippen LogP contribution in [0.3, 0.4) is 0 Å². The summed E-state index contributed by atoms with van der Waals surface area (Å²) in [4.78, 5) is 27.4. The van der Waals surface area contributed by atoms with Crippen molar-refractivity contribution in [2.45, 2.75) is 38.9 Å². The molecule has 2 atom stereocenters. The van der Waals surface area contributed by atoms with Crippen LogP contribution in [0.2, 0.25) is 0 Å². The van der Waals surface area contributed by atoms with Crippen molar-refractivity contribution in [2.24, 2.45) is 17.6 Å². The van der Waals surface area contributed by atoms with E-state index in [0.717, 1.165) is 11.8 Å². The summed E-state index contributed by atoms with van der Waals surface area (Å²) in [5.41, 5.74) is 6.69. The van der Waals surface area contributed by atoms with Gasteiger partial charge >= 0.3 is 6.18 Å². The minimum absolute atomic E-state index is 0.00325. The van der Waals surface area contributed by atoms with E-state index in [4.69, 9.17) is 15.2 Å². The molecule has 1 saturated heterocycles. The van der Waals surface area contributed by atoms with Crippen LogP contribution in [-0.2, 0) is 23.9 Å². The zero-order chi connectivity index (χ0) is 28.8. The first-order chi connectivity index (χ1) is 19.0. The molecule has 0 radical (unpaired) electrons. The van der Waals surface area contributed by atoms with Gasteiger partial charge in [-0.15, -0.1) is 0 Å². The molecule has 3 heterocycles. The number of ether oxygens (including phenoxy) is 2. The summed E-state index contributed by atoms with van der Waals surface area (Å²) in [6, 6.07) is 10.8. The zero-order valence-electron chi connectivity index (χ0n) is 22.7. The molecule has 1 fully saturated rings. The predicted molar refractivity (Wildman–Crippen MR) is 147 cm³/mol. The van der Waals surface area contributed by atoms with Crippen molar-refractivity contribution in [1.29, 1.82) is 0 Å². The molecule has 1 aromatic heterocycles. The monoisotopic (exact) mass is 555 g/mol. The van der Waals surface area contributed by atoms with E-state index < -0.39 is 23.2 Å². The highest BCUT2D eigenvalue weighted by Gasteiger charge is 2.36. The van der Waals surface area contributed by atoms with Crippen molar-refractivity contribution in [1.82, 2.24) is 4.57 Å². The maximum atomic E-state index is 14.3. The summed E-state index contributed by atoms with van der Waals surface area (Å²) in [6.07, 6.45) is -2.63. The Morgan fingerprint density at radius 3 is 2.33 bits per heavy atom. The van der Waals surface area contributed by atoms with Crippen LogP contribution in [0.5, 0.6) is 11.5 Å². The van der Waals surface area contributed by atoms with E-state index >= 15 is 0 Å². The highest BCUT2D eigenvalue weighted by molar-refractivity contribution is 5.80. The number of carbonyl (C=O) groups excluding carboxylic acids is 1. The standard InChI is InChI=1S/C30H32F3N3O4/c1-17(28(34)37)18-8-10-35(16-18)20-6-7-26(30(31,32)33)24(13-20)25-15-23(27-5-4-9-36(27)29(25)38)19-11-21(39-2)14-22(12-19)40-3/h6-7,11-15,17-18H,4-5,8-10,16H2,1-3H3,(H2,34,37). The lowest BCUT2D eigenvalue weighted by molar-refractivity contribution is -0.137. The Kier molecular flexibility index (Phi) is 7.29. The third-order valence-corrected chi connectivity index (χ3v) is 8.20. The van der Waals surface area contributed by atoms with E-state index in [1.165, 1.54) is 26.4 Å². The number of methoxy groups -OCH3 is 2. The van der Waals surface area contributed by atoms with Crippen LogP contribution in [-0.4, -0.2) is 37.8 Å². The molecular weight excluding hydrogens is 523 g/mol. The number of anilines is 1. The average molecular weight is 556 g/mol. The summed E-state index contributed by atoms with van der Waals surface area (Å²) in [5, 5.41) is 0. The summed E-state index contributed by atoms with van der Waals surface area (Å²) in [7, 11) is 3.05. The summed E-state index contributed by atoms with van der Waals surface area (Å²) in [5.74, 6) is 0.329. The number of pyridine rings is 1. The first kappa shape index (κ1) is 27.6. The van der Waals surface area contributed by atoms with Crippen LogP contribution in [0, 0.1) is 11.8 Å². The van der Waals surface area contributed by atoms with Crippen LogP contribution >= 0.6 is 0 Å². The zero-order valence-corrected chi connectivity index (χ0v) is 22.7. The van der Waals surface area contributed by atoms with Gasteiger partial charge in [-0.2, -0.15) is 13.2 Å². The van der Waals surface area contributed by atoms with E-state index in [9.17, 15) is 22.8 Å². The van der Waals surface area contributed by atoms with Gasteiger partial charge in [0.15, 0.2) is 0 Å². The SMILES string of the molecule is COc1cc(OC)cc(-c2cc(-c3cc(N4CCC(C(C)C(N)=O)C4)ccc3C(F)(F)F)c(=O)n3c2CCC3)c1. The quantitative estimate of drug-likeness (QED) is 0.438. The fraction of sp³-hybridized carbons (Fsp3) is 0.400. The van der Waals surface area contributed by atoms with Gasteiger partial charge in [0.1, 0.15) is 11.5 Å². The average Bonchev–Trinajstić information content (AvgIpc) is 3.62. The highest BCUT2D eigenvalue weighted by atomic mass is 19.4. The topological polar surface area (TPSA) is 86.8 Å². The number of amides is 1. The number of carbonyl (C=O) groups is 1. The molecule has 0 bridgehead atoms. The first-order valence-electron chi connectivity index (χ1n) is 13.3. The Morgan fingerprint density at radius 2 is 1.70 bits per heavy atom. The van der Waals surface area contributed by atoms with Gasteiger partial charge in [0.2, 0.25) is 5.91 Å². The van der Waals surface area contributed by atoms with E-state index in [1.54, 1.807) is 35.8 Å². The van der Waals surface area contributed by atoms with Crippen LogP contribution in [0.25, 0.3) is 22.3 Å². The van der Waals surface area contributed by atoms with Crippen LogP contribution in [0.1, 0.15) is 31.0 Å². The van der Waals surface area contributed by atoms with Gasteiger partial charge in [-0.05, 0) is 67.1 Å². The fourth-order valence-corrected chi connectivity index (χ4v) is 5.88. The molecule has 2 unspecified atom stereocenters. The molecule has 40 heavy (non-hydrogen) atoms. The summed E-state index contributed by atoms with van der Waals surface area (Å²) >= 11 is 0. The van der Waals surface area contributed by atoms with E-state index in [2.05, 4.69) is 0 Å². The van der Waals surface area contributed by atoms with Crippen LogP contribution in [0.15, 0.2) is 47.3 Å². The molecule has 2 aliphatic rings. The van der Waals surface area contributed by atoms with Gasteiger partial charge in [0, 0.05) is 59.7 Å². The Labute approximate surface area is 230 Å². The molecular formula is C30H32F3N3O4. The second-order valence-corrected chi connectivity index (χ2v) is 10.5. The first-order valence-corrected chi connectivity index (χ1v) is 13.3. The predicted octanol–water partition coefficient (Wildman–Crippen LogP) is 5.11. The van der Waals surface area contributed by atoms with Gasteiger partial charge in [0.25, 0.3) is 5.56 Å². The van der Waals surface area contributed by atoms with E-state index in [-0.39, 0.29) is 23.0 Å². The number of alkyl halides is 3. The third kappa shape index (κ3) is 5.02. The number of nitrogens with two attached hydrogens (primary N) is 1. The van der Waals surface area contributed by atoms with Gasteiger partial charge in [-0.25, -0.2) is 0 Å². The van der Waals surface area contributed by atoms with Gasteiger partial charge < -0.3 is 24.7 Å². The van der Waals surface area contributed by atoms with Crippen molar-refractivity contribution < 1.29 is 27.4 Å². The minimum atomic E-state index is -4.67. The lowest BCUT2D eigenvalue weighted by Crippen LogP contribution is -2.30. The van der Waals surface area contributed by atoms with Crippen LogP contribution < -0.4 is 25.7 Å². The molecule has 2 aromatic carbocycles. The van der Waals surface area contributed by atoms with Crippen molar-refractivity contribution >= 4 is 11.6 Å². The summed E-state index contributed by atoms with van der Waals surface area (Å²) < 4.78 is 55.4. The number of nitrogens with zero attached hydrogens (tertiary/aromatic N) is 2. The Bertz CT molecular complexity index is 1490. The number of primary amides is 1. The molecule has 212 valence electrons. The van der Waals surface area contributed by atoms with Crippen molar-refractivity contribution in [3.05, 3.63) is 64.1 Å². The molecule has 2 N–H and O–H groups in total.